The van der Waals surface area contributed by atoms with E-state index in [0.29, 0.717) is 47.7 Å². The van der Waals surface area contributed by atoms with E-state index < -0.39 is 0 Å². The topological polar surface area (TPSA) is 134 Å². The minimum atomic E-state index is -0.236. The van der Waals surface area contributed by atoms with Crippen LogP contribution in [0.1, 0.15) is 41.4 Å². The van der Waals surface area contributed by atoms with Crippen LogP contribution in [0.2, 0.25) is 0 Å². The van der Waals surface area contributed by atoms with Crippen LogP contribution in [-0.4, -0.2) is 54.5 Å². The SMILES string of the molecule is Cn1c(=O)[nH]c2cc(C(=O)c3cc(N4CCC(n5c(=O)[nH]c6c5=CCCN=6)CC4)ncn3)ccc21. The normalized spacial score (nSPS) is 16.1. The van der Waals surface area contributed by atoms with Crippen molar-refractivity contribution in [1.82, 2.24) is 29.1 Å². The highest BCUT2D eigenvalue weighted by Crippen LogP contribution is 2.24. The standard InChI is InChI=1S/C24H24N8O3/c1-30-18-5-4-14(11-16(18)28-23(30)34)21(33)17-12-20(27-13-26-17)31-9-6-15(7-10-31)32-19-3-2-8-25-22(19)29-24(32)35/h3-5,11-13,15H,2,6-10H2,1H3,(H,28,34)(H,25,29,35). The fourth-order valence-electron chi connectivity index (χ4n) is 5.03. The molecule has 0 saturated carbocycles. The summed E-state index contributed by atoms with van der Waals surface area (Å²) in [7, 11) is 1.68. The smallest absolute Gasteiger partial charge is 0.327 e. The van der Waals surface area contributed by atoms with Crippen molar-refractivity contribution in [1.29, 1.82) is 0 Å². The molecule has 4 aromatic rings. The lowest BCUT2D eigenvalue weighted by Gasteiger charge is -2.33. The van der Waals surface area contributed by atoms with Crippen molar-refractivity contribution in [2.45, 2.75) is 25.3 Å². The average Bonchev–Trinajstić information content (AvgIpc) is 3.38. The Bertz CT molecular complexity index is 1700. The zero-order valence-electron chi connectivity index (χ0n) is 19.2. The molecule has 11 nitrogen and oxygen atoms in total. The first-order chi connectivity index (χ1) is 17.0. The molecule has 0 unspecified atom stereocenters. The van der Waals surface area contributed by atoms with Crippen molar-refractivity contribution < 1.29 is 4.79 Å². The molecule has 11 heteroatoms. The number of ketones is 1. The van der Waals surface area contributed by atoms with E-state index in [-0.39, 0.29) is 23.2 Å². The maximum atomic E-state index is 13.1. The van der Waals surface area contributed by atoms with Gasteiger partial charge in [-0.25, -0.2) is 19.6 Å². The van der Waals surface area contributed by atoms with E-state index in [9.17, 15) is 14.4 Å². The van der Waals surface area contributed by atoms with Crippen molar-refractivity contribution in [2.75, 3.05) is 24.5 Å². The first kappa shape index (κ1) is 21.3. The third kappa shape index (κ3) is 3.59. The molecule has 1 aromatic carbocycles. The van der Waals surface area contributed by atoms with E-state index in [4.69, 9.17) is 0 Å². The van der Waals surface area contributed by atoms with Crippen molar-refractivity contribution in [3.05, 3.63) is 73.7 Å². The van der Waals surface area contributed by atoms with Gasteiger partial charge in [-0.3, -0.25) is 23.9 Å². The fraction of sp³-hybridized carbons (Fsp3) is 0.333. The summed E-state index contributed by atoms with van der Waals surface area (Å²) in [6.45, 7) is 2.11. The van der Waals surface area contributed by atoms with Crippen molar-refractivity contribution in [2.24, 2.45) is 12.0 Å². The number of piperidine rings is 1. The van der Waals surface area contributed by atoms with Crippen LogP contribution < -0.4 is 27.1 Å². The first-order valence-electron chi connectivity index (χ1n) is 11.7. The Morgan fingerprint density at radius 2 is 1.89 bits per heavy atom. The highest BCUT2D eigenvalue weighted by Gasteiger charge is 2.25. The summed E-state index contributed by atoms with van der Waals surface area (Å²) < 4.78 is 3.34. The molecule has 1 saturated heterocycles. The monoisotopic (exact) mass is 472 g/mol. The molecule has 2 aliphatic rings. The molecule has 3 aromatic heterocycles. The molecule has 0 atom stereocenters. The Hall–Kier alpha value is -4.28. The maximum Gasteiger partial charge on any atom is 0.327 e. The number of hydrogen-bond donors (Lipinski definition) is 2. The molecule has 1 fully saturated rings. The van der Waals surface area contributed by atoms with E-state index in [2.05, 4.69) is 35.9 Å². The Balaban J connectivity index is 1.22. The number of carbonyl (C=O) groups is 1. The minimum absolute atomic E-state index is 0.0889. The number of aromatic amines is 2. The van der Waals surface area contributed by atoms with Crippen LogP contribution in [0.3, 0.4) is 0 Å². The summed E-state index contributed by atoms with van der Waals surface area (Å²) in [6.07, 6.45) is 5.89. The zero-order valence-corrected chi connectivity index (χ0v) is 19.2. The van der Waals surface area contributed by atoms with E-state index >= 15 is 0 Å². The van der Waals surface area contributed by atoms with Crippen molar-refractivity contribution in [3.63, 3.8) is 0 Å². The van der Waals surface area contributed by atoms with Gasteiger partial charge in [-0.2, -0.15) is 0 Å². The average molecular weight is 473 g/mol. The van der Waals surface area contributed by atoms with Gasteiger partial charge in [0.15, 0.2) is 5.49 Å². The highest BCUT2D eigenvalue weighted by molar-refractivity contribution is 6.09. The van der Waals surface area contributed by atoms with Gasteiger partial charge in [0.2, 0.25) is 5.78 Å². The Labute approximate surface area is 198 Å². The first-order valence-corrected chi connectivity index (χ1v) is 11.7. The van der Waals surface area contributed by atoms with Crippen LogP contribution in [0.25, 0.3) is 17.1 Å². The Kier molecular flexibility index (Phi) is 4.97. The maximum absolute atomic E-state index is 13.1. The molecular weight excluding hydrogens is 448 g/mol. The molecule has 0 bridgehead atoms. The number of aromatic nitrogens is 6. The number of nitrogens with zero attached hydrogens (tertiary/aromatic N) is 6. The third-order valence-corrected chi connectivity index (χ3v) is 6.89. The quantitative estimate of drug-likeness (QED) is 0.402. The van der Waals surface area contributed by atoms with Gasteiger partial charge >= 0.3 is 11.4 Å². The number of rotatable bonds is 4. The molecule has 0 amide bonds. The highest BCUT2D eigenvalue weighted by atomic mass is 16.2. The number of fused-ring (bicyclic) bond motifs is 2. The molecule has 5 heterocycles. The zero-order chi connectivity index (χ0) is 24.1. The van der Waals surface area contributed by atoms with Crippen molar-refractivity contribution in [3.8, 4) is 0 Å². The van der Waals surface area contributed by atoms with E-state index in [1.165, 1.54) is 10.9 Å². The fourth-order valence-corrected chi connectivity index (χ4v) is 5.03. The second-order valence-electron chi connectivity index (χ2n) is 8.94. The van der Waals surface area contributed by atoms with E-state index in [1.54, 1.807) is 31.3 Å². The predicted molar refractivity (Wildman–Crippen MR) is 129 cm³/mol. The van der Waals surface area contributed by atoms with Crippen LogP contribution in [0, 0.1) is 0 Å². The number of anilines is 1. The van der Waals surface area contributed by atoms with Gasteiger partial charge in [0.25, 0.3) is 0 Å². The number of benzene rings is 1. The molecule has 6 rings (SSSR count). The predicted octanol–water partition coefficient (Wildman–Crippen LogP) is 0.0227. The van der Waals surface area contributed by atoms with Gasteiger partial charge in [-0.1, -0.05) is 6.08 Å². The van der Waals surface area contributed by atoms with Gasteiger partial charge < -0.3 is 9.88 Å². The molecular formula is C24H24N8O3. The van der Waals surface area contributed by atoms with Gasteiger partial charge in [0.05, 0.1) is 16.4 Å². The summed E-state index contributed by atoms with van der Waals surface area (Å²) >= 11 is 0. The van der Waals surface area contributed by atoms with E-state index in [1.807, 2.05) is 4.57 Å². The number of hydrogen-bond acceptors (Lipinski definition) is 7. The second-order valence-corrected chi connectivity index (χ2v) is 8.94. The lowest BCUT2D eigenvalue weighted by Crippen LogP contribution is -2.42. The summed E-state index contributed by atoms with van der Waals surface area (Å²) in [5.74, 6) is 0.445. The lowest BCUT2D eigenvalue weighted by molar-refractivity contribution is 0.103. The second kappa shape index (κ2) is 8.19. The minimum Gasteiger partial charge on any atom is -0.356 e. The Morgan fingerprint density at radius 1 is 1.06 bits per heavy atom. The van der Waals surface area contributed by atoms with Gasteiger partial charge in [0.1, 0.15) is 17.8 Å². The third-order valence-electron chi connectivity index (χ3n) is 6.89. The van der Waals surface area contributed by atoms with Crippen LogP contribution in [0.5, 0.6) is 0 Å². The molecule has 178 valence electrons. The van der Waals surface area contributed by atoms with Crippen LogP contribution >= 0.6 is 0 Å². The molecule has 35 heavy (non-hydrogen) atoms. The van der Waals surface area contributed by atoms with Crippen molar-refractivity contribution >= 4 is 28.7 Å². The van der Waals surface area contributed by atoms with Crippen LogP contribution in [0.4, 0.5) is 5.82 Å². The Morgan fingerprint density at radius 3 is 2.71 bits per heavy atom. The van der Waals surface area contributed by atoms with E-state index in [0.717, 1.165) is 30.1 Å². The molecule has 2 N–H and O–H groups in total. The summed E-state index contributed by atoms with van der Waals surface area (Å²) in [5.41, 5.74) is 2.41. The van der Waals surface area contributed by atoms with Crippen LogP contribution in [0.15, 0.2) is 45.2 Å². The molecule has 0 aliphatic carbocycles. The number of nitrogens with one attached hydrogen (secondary N) is 2. The number of aryl methyl sites for hydroxylation is 1. The lowest BCUT2D eigenvalue weighted by atomic mass is 10.0. The number of H-pyrrole nitrogens is 2. The van der Waals surface area contributed by atoms with Gasteiger partial charge in [-0.15, -0.1) is 0 Å². The number of imidazole rings is 2. The summed E-state index contributed by atoms with van der Waals surface area (Å²) in [4.78, 5) is 58.3. The molecule has 0 radical (unpaired) electrons. The van der Waals surface area contributed by atoms with Gasteiger partial charge in [0, 0.05) is 44.4 Å². The summed E-state index contributed by atoms with van der Waals surface area (Å²) in [5, 5.41) is 0.895. The summed E-state index contributed by atoms with van der Waals surface area (Å²) in [6, 6.07) is 6.91. The largest absolute Gasteiger partial charge is 0.356 e. The number of carbonyl (C=O) groups excluding carboxylic acids is 1. The van der Waals surface area contributed by atoms with Gasteiger partial charge in [-0.05, 0) is 37.5 Å². The molecule has 2 aliphatic heterocycles. The van der Waals surface area contributed by atoms with Crippen LogP contribution in [-0.2, 0) is 7.05 Å². The molecule has 0 spiro atoms.